The quantitative estimate of drug-likeness (QED) is 0.0645. The number of rotatable bonds is 9. The standard InChI is InChI=1S/C27H23P.C12H17O2Si.BrH.Pd/c1-5-13-21(14-6-1)25-26(22-15-7-2-8-16-22)27(25)28(23-17-9-3-10-18-23)24-19-11-4-12-20-24;1-15(2,3)10-9-14-12(13)11-7-5-4-6-8-11;;/h1-20,25-27H;5-8H,9-10H2,1-3H3;1H;/q;-1;;+2/t25-,26-;;;/m1.../s1. The zero-order valence-corrected chi connectivity index (χ0v) is 31.2. The van der Waals surface area contributed by atoms with E-state index in [0.29, 0.717) is 29.7 Å². The molecule has 0 aromatic heterocycles. The van der Waals surface area contributed by atoms with Crippen molar-refractivity contribution >= 4 is 46.0 Å². The summed E-state index contributed by atoms with van der Waals surface area (Å²) in [5, 5.41) is 3.03. The number of benzene rings is 5. The van der Waals surface area contributed by atoms with E-state index >= 15 is 0 Å². The van der Waals surface area contributed by atoms with E-state index in [2.05, 4.69) is 178 Å². The largest absolute Gasteiger partial charge is 0.0970 e. The average Bonchev–Trinajstić information content (AvgIpc) is 3.82. The van der Waals surface area contributed by atoms with Gasteiger partial charge in [0.15, 0.2) is 0 Å². The van der Waals surface area contributed by atoms with Gasteiger partial charge in [0, 0.05) is 19.9 Å². The van der Waals surface area contributed by atoms with Gasteiger partial charge in [0.2, 0.25) is 0 Å². The Hall–Kier alpha value is -2.64. The van der Waals surface area contributed by atoms with Crippen molar-refractivity contribution in [2.24, 2.45) is 0 Å². The second-order valence-electron chi connectivity index (χ2n) is 12.3. The predicted molar refractivity (Wildman–Crippen MR) is 195 cm³/mol. The van der Waals surface area contributed by atoms with Gasteiger partial charge in [-0.05, 0) is 47.0 Å². The molecule has 2 nitrogen and oxygen atoms in total. The zero-order valence-electron chi connectivity index (χ0n) is 26.0. The molecule has 0 heterocycles. The second kappa shape index (κ2) is 17.9. The van der Waals surface area contributed by atoms with E-state index in [1.54, 1.807) is 24.3 Å². The molecule has 6 heteroatoms. The van der Waals surface area contributed by atoms with Gasteiger partial charge in [-0.15, -0.1) is 0 Å². The van der Waals surface area contributed by atoms with Gasteiger partial charge in [-0.25, -0.2) is 4.79 Å². The minimum atomic E-state index is -1.11. The van der Waals surface area contributed by atoms with Crippen LogP contribution >= 0.6 is 21.4 Å². The van der Waals surface area contributed by atoms with Crippen molar-refractivity contribution in [2.45, 2.75) is 43.2 Å². The maximum Gasteiger partial charge on any atom is 0.0970 e. The first kappa shape index (κ1) is 35.2. The van der Waals surface area contributed by atoms with Crippen LogP contribution in [0.5, 0.6) is 0 Å². The van der Waals surface area contributed by atoms with E-state index in [-0.39, 0.29) is 5.97 Å². The Morgan fingerprint density at radius 3 is 1.49 bits per heavy atom. The van der Waals surface area contributed by atoms with Gasteiger partial charge in [0.1, 0.15) is 0 Å². The predicted octanol–water partition coefficient (Wildman–Crippen LogP) is 9.63. The van der Waals surface area contributed by atoms with Crippen molar-refractivity contribution in [1.29, 1.82) is 0 Å². The number of esters is 1. The Bertz CT molecular complexity index is 1470. The molecular formula is C39H41BrO2PPdSi+. The van der Waals surface area contributed by atoms with Crippen molar-refractivity contribution in [3.8, 4) is 0 Å². The molecule has 45 heavy (non-hydrogen) atoms. The maximum absolute atomic E-state index is 11.5. The number of carbonyl (C=O) groups is 1. The van der Waals surface area contributed by atoms with E-state index in [9.17, 15) is 4.79 Å². The Morgan fingerprint density at radius 2 is 1.09 bits per heavy atom. The van der Waals surface area contributed by atoms with Gasteiger partial charge >= 0.3 is 36.6 Å². The Morgan fingerprint density at radius 1 is 0.689 bits per heavy atom. The van der Waals surface area contributed by atoms with Crippen molar-refractivity contribution < 1.29 is 26.7 Å². The fraction of sp³-hybridized carbons (Fsp3) is 0.205. The van der Waals surface area contributed by atoms with Gasteiger partial charge in [-0.1, -0.05) is 117 Å². The molecule has 1 aliphatic rings. The van der Waals surface area contributed by atoms with Crippen molar-refractivity contribution in [3.05, 3.63) is 168 Å². The molecule has 0 unspecified atom stereocenters. The summed E-state index contributed by atoms with van der Waals surface area (Å²) in [6.45, 7) is 7.32. The molecule has 5 aromatic carbocycles. The molecule has 1 aliphatic carbocycles. The molecule has 1 saturated carbocycles. The van der Waals surface area contributed by atoms with Crippen LogP contribution in [-0.2, 0) is 21.9 Å². The van der Waals surface area contributed by atoms with E-state index in [1.807, 2.05) is 0 Å². The molecular weight excluding hydrogens is 746 g/mol. The van der Waals surface area contributed by atoms with Crippen LogP contribution in [0, 0.1) is 6.07 Å². The molecule has 234 valence electrons. The van der Waals surface area contributed by atoms with E-state index in [4.69, 9.17) is 4.74 Å². The molecule has 0 amide bonds. The fourth-order valence-corrected chi connectivity index (χ4v) is 10.0. The van der Waals surface area contributed by atoms with Crippen molar-refractivity contribution in [3.63, 3.8) is 0 Å². The van der Waals surface area contributed by atoms with Crippen LogP contribution in [0.2, 0.25) is 25.7 Å². The minimum Gasteiger partial charge on any atom is -0.0622 e. The van der Waals surface area contributed by atoms with Crippen molar-refractivity contribution in [1.82, 2.24) is 0 Å². The monoisotopic (exact) mass is 785 g/mol. The molecule has 6 rings (SSSR count). The first-order valence-corrected chi connectivity index (χ1v) is 24.1. The van der Waals surface area contributed by atoms with Gasteiger partial charge in [0.25, 0.3) is 0 Å². The first-order valence-electron chi connectivity index (χ1n) is 15.3. The summed E-state index contributed by atoms with van der Waals surface area (Å²) in [5.41, 5.74) is 4.23. The smallest absolute Gasteiger partial charge is 0.0622 e. The minimum absolute atomic E-state index is 0.234. The molecule has 0 aliphatic heterocycles. The number of hydrogen-bond acceptors (Lipinski definition) is 2. The molecule has 0 bridgehead atoms. The van der Waals surface area contributed by atoms with Gasteiger partial charge in [-0.3, -0.25) is 0 Å². The summed E-state index contributed by atoms with van der Waals surface area (Å²) in [7, 11) is -2.00. The Labute approximate surface area is 289 Å². The summed E-state index contributed by atoms with van der Waals surface area (Å²) in [6.07, 6.45) is 0. The molecule has 0 N–H and O–H groups in total. The van der Waals surface area contributed by atoms with Gasteiger partial charge in [-0.2, -0.15) is 30.3 Å². The maximum atomic E-state index is 11.5. The van der Waals surface area contributed by atoms with Gasteiger partial charge < -0.3 is 4.74 Å². The Kier molecular flexibility index (Phi) is 14.0. The second-order valence-corrected chi connectivity index (χ2v) is 20.5. The van der Waals surface area contributed by atoms with Crippen LogP contribution in [0.15, 0.2) is 146 Å². The van der Waals surface area contributed by atoms with E-state index in [0.717, 1.165) is 6.04 Å². The third kappa shape index (κ3) is 10.4. The molecule has 5 aromatic rings. The van der Waals surface area contributed by atoms with E-state index < -0.39 is 16.0 Å². The summed E-state index contributed by atoms with van der Waals surface area (Å²) in [6, 6.07) is 55.4. The van der Waals surface area contributed by atoms with Crippen LogP contribution in [0.25, 0.3) is 0 Å². The van der Waals surface area contributed by atoms with Crippen LogP contribution in [0.1, 0.15) is 33.3 Å². The molecule has 1 fully saturated rings. The number of ether oxygens (including phenoxy) is 1. The topological polar surface area (TPSA) is 26.3 Å². The van der Waals surface area contributed by atoms with Crippen LogP contribution < -0.4 is 10.6 Å². The number of carbonyl (C=O) groups excluding carboxylic acids is 1. The zero-order chi connectivity index (χ0) is 32.1. The SMILES string of the molecule is C[Si](C)(C)CCOC(=O)c1cc[c-]cc1.[Br][Pd+].c1ccc([C@H]2C([PH+](c3ccccc3)c3ccccc3)[C@@H]2c2ccccc2)cc1. The van der Waals surface area contributed by atoms with Crippen LogP contribution in [0.3, 0.4) is 0 Å². The normalized spacial score (nSPS) is 16.8. The molecule has 2 atom stereocenters. The summed E-state index contributed by atoms with van der Waals surface area (Å²) in [4.78, 5) is 11.5. The molecule has 0 saturated heterocycles. The third-order valence-electron chi connectivity index (χ3n) is 7.93. The first-order chi connectivity index (χ1) is 21.9. The summed E-state index contributed by atoms with van der Waals surface area (Å²) >= 11 is 5.35. The third-order valence-corrected chi connectivity index (χ3v) is 12.9. The number of halogens is 1. The molecule has 0 radical (unpaired) electrons. The molecule has 0 spiro atoms. The number of hydrogen-bond donors (Lipinski definition) is 0. The van der Waals surface area contributed by atoms with Crippen LogP contribution in [-0.4, -0.2) is 26.3 Å². The van der Waals surface area contributed by atoms with Gasteiger partial charge in [0.05, 0.1) is 30.8 Å². The van der Waals surface area contributed by atoms with E-state index in [1.165, 1.54) is 21.7 Å². The van der Waals surface area contributed by atoms with Crippen molar-refractivity contribution in [2.75, 3.05) is 6.61 Å². The summed E-state index contributed by atoms with van der Waals surface area (Å²) < 4.78 is 5.19. The summed E-state index contributed by atoms with van der Waals surface area (Å²) in [5.74, 6) is 0.957. The van der Waals surface area contributed by atoms with Crippen LogP contribution in [0.4, 0.5) is 0 Å². The Balaban J connectivity index is 0.000000231. The average molecular weight is 787 g/mol. The fourth-order valence-electron chi connectivity index (χ4n) is 5.69.